The molecule has 0 N–H and O–H groups in total. The van der Waals surface area contributed by atoms with Crippen LogP contribution < -0.4 is 16.4 Å². The summed E-state index contributed by atoms with van der Waals surface area (Å²) in [6.07, 6.45) is 0. The van der Waals surface area contributed by atoms with Crippen LogP contribution in [-0.2, 0) is 0 Å². The first-order valence-electron chi connectivity index (χ1n) is 15.1. The van der Waals surface area contributed by atoms with E-state index in [9.17, 15) is 0 Å². The molecule has 0 spiro atoms. The predicted molar refractivity (Wildman–Crippen MR) is 180 cm³/mol. The van der Waals surface area contributed by atoms with Gasteiger partial charge in [-0.15, -0.1) is 0 Å². The minimum absolute atomic E-state index is 0.105. The van der Waals surface area contributed by atoms with Crippen molar-refractivity contribution >= 4 is 44.9 Å². The molecule has 4 heterocycles. The molecule has 5 aromatic carbocycles. The Morgan fingerprint density at radius 2 is 0.907 bits per heavy atom. The third-order valence-corrected chi connectivity index (χ3v) is 9.72. The van der Waals surface area contributed by atoms with Gasteiger partial charge < -0.3 is 0 Å². The van der Waals surface area contributed by atoms with E-state index in [1.165, 1.54) is 82.7 Å². The Hall–Kier alpha value is -4.90. The summed E-state index contributed by atoms with van der Waals surface area (Å²) >= 11 is 0. The minimum atomic E-state index is 0.105. The summed E-state index contributed by atoms with van der Waals surface area (Å²) in [6, 6.07) is 29.3. The SMILES string of the molecule is Cc1cc(C)c(-c2nn3c4c(cccc24)B2c4c-3cccc4-n3nc(-c4c(C)cc(C)cc4C)c4cccc2c43)c(C)c1. The topological polar surface area (TPSA) is 35.6 Å². The Morgan fingerprint density at radius 1 is 0.512 bits per heavy atom. The van der Waals surface area contributed by atoms with E-state index in [0.717, 1.165) is 22.8 Å². The molecule has 7 aromatic rings. The van der Waals surface area contributed by atoms with Crippen molar-refractivity contribution in [3.05, 3.63) is 112 Å². The lowest BCUT2D eigenvalue weighted by Gasteiger charge is -2.31. The molecule has 0 saturated carbocycles. The molecule has 2 aromatic heterocycles. The fraction of sp³-hybridized carbons (Fsp3) is 0.158. The van der Waals surface area contributed by atoms with Crippen molar-refractivity contribution in [2.45, 2.75) is 41.5 Å². The van der Waals surface area contributed by atoms with Crippen molar-refractivity contribution in [3.8, 4) is 33.9 Å². The van der Waals surface area contributed by atoms with E-state index in [2.05, 4.69) is 130 Å². The molecule has 2 aliphatic heterocycles. The van der Waals surface area contributed by atoms with Crippen LogP contribution in [0.25, 0.3) is 55.7 Å². The number of aromatic nitrogens is 4. The van der Waals surface area contributed by atoms with Crippen LogP contribution in [0.3, 0.4) is 0 Å². The maximum absolute atomic E-state index is 5.39. The molecule has 0 radical (unpaired) electrons. The summed E-state index contributed by atoms with van der Waals surface area (Å²) in [5.41, 5.74) is 20.8. The van der Waals surface area contributed by atoms with Crippen LogP contribution in [0, 0.1) is 41.5 Å². The molecule has 0 fully saturated rings. The third kappa shape index (κ3) is 3.12. The van der Waals surface area contributed by atoms with Gasteiger partial charge in [-0.25, -0.2) is 9.36 Å². The summed E-state index contributed by atoms with van der Waals surface area (Å²) < 4.78 is 4.41. The molecule has 0 amide bonds. The molecule has 2 aliphatic rings. The van der Waals surface area contributed by atoms with E-state index in [0.29, 0.717) is 0 Å². The molecule has 0 unspecified atom stereocenters. The van der Waals surface area contributed by atoms with Gasteiger partial charge in [0.05, 0.1) is 22.4 Å². The van der Waals surface area contributed by atoms with Crippen molar-refractivity contribution in [2.75, 3.05) is 0 Å². The second-order valence-electron chi connectivity index (χ2n) is 12.7. The fourth-order valence-electron chi connectivity index (χ4n) is 8.36. The van der Waals surface area contributed by atoms with Crippen LogP contribution in [-0.4, -0.2) is 26.3 Å². The molecule has 4 nitrogen and oxygen atoms in total. The highest BCUT2D eigenvalue weighted by molar-refractivity contribution is 7.00. The summed E-state index contributed by atoms with van der Waals surface area (Å²) in [4.78, 5) is 0. The first kappa shape index (κ1) is 24.7. The molecule has 0 atom stereocenters. The number of hydrogen-bond acceptors (Lipinski definition) is 2. The highest BCUT2D eigenvalue weighted by Crippen LogP contribution is 2.39. The second-order valence-corrected chi connectivity index (χ2v) is 12.7. The number of rotatable bonds is 2. The van der Waals surface area contributed by atoms with E-state index in [4.69, 9.17) is 10.2 Å². The zero-order valence-electron chi connectivity index (χ0n) is 25.4. The largest absolute Gasteiger partial charge is 0.252 e. The molecule has 0 saturated heterocycles. The molecule has 0 bridgehead atoms. The van der Waals surface area contributed by atoms with Crippen molar-refractivity contribution < 1.29 is 0 Å². The van der Waals surface area contributed by atoms with Gasteiger partial charge in [-0.2, -0.15) is 10.2 Å². The van der Waals surface area contributed by atoms with Gasteiger partial charge in [-0.05, 0) is 92.3 Å². The van der Waals surface area contributed by atoms with Gasteiger partial charge in [0.2, 0.25) is 0 Å². The van der Waals surface area contributed by atoms with Crippen molar-refractivity contribution in [1.29, 1.82) is 0 Å². The van der Waals surface area contributed by atoms with Crippen LogP contribution in [0.5, 0.6) is 0 Å². The van der Waals surface area contributed by atoms with Gasteiger partial charge in [0, 0.05) is 21.9 Å². The lowest BCUT2D eigenvalue weighted by molar-refractivity contribution is 0.894. The van der Waals surface area contributed by atoms with Gasteiger partial charge in [-0.1, -0.05) is 77.9 Å². The van der Waals surface area contributed by atoms with Crippen molar-refractivity contribution in [1.82, 2.24) is 19.6 Å². The quantitative estimate of drug-likeness (QED) is 0.223. The first-order valence-corrected chi connectivity index (χ1v) is 15.1. The Morgan fingerprint density at radius 3 is 1.33 bits per heavy atom. The average molecular weight is 555 g/mol. The monoisotopic (exact) mass is 554 g/mol. The lowest BCUT2D eigenvalue weighted by atomic mass is 9.34. The molecular formula is C38H31BN4. The Labute approximate surface area is 251 Å². The van der Waals surface area contributed by atoms with Gasteiger partial charge in [0.15, 0.2) is 0 Å². The highest BCUT2D eigenvalue weighted by atomic mass is 15.3. The molecule has 206 valence electrons. The lowest BCUT2D eigenvalue weighted by Crippen LogP contribution is -2.59. The highest BCUT2D eigenvalue weighted by Gasteiger charge is 2.41. The molecule has 9 rings (SSSR count). The van der Waals surface area contributed by atoms with E-state index in [-0.39, 0.29) is 6.71 Å². The fourth-order valence-corrected chi connectivity index (χ4v) is 8.36. The third-order valence-electron chi connectivity index (χ3n) is 9.72. The minimum Gasteiger partial charge on any atom is -0.233 e. The van der Waals surface area contributed by atoms with Crippen LogP contribution in [0.4, 0.5) is 0 Å². The average Bonchev–Trinajstić information content (AvgIpc) is 3.53. The van der Waals surface area contributed by atoms with E-state index in [1.54, 1.807) is 0 Å². The number of hydrogen-bond donors (Lipinski definition) is 0. The van der Waals surface area contributed by atoms with Gasteiger partial charge >= 0.3 is 0 Å². The standard InChI is InChI=1S/C38H31BN4/c1-20-16-22(3)32(23(4)17-20)35-26-10-7-12-28-37(26)42(40-35)30-14-9-15-31-34(30)39(28)29-13-8-11-27-36(41-43(31)38(27)29)33-24(5)18-21(2)19-25(33)6/h7-19H,1-6H3. The zero-order chi connectivity index (χ0) is 29.3. The van der Waals surface area contributed by atoms with Gasteiger partial charge in [0.25, 0.3) is 6.71 Å². The Balaban J connectivity index is 1.38. The smallest absolute Gasteiger partial charge is 0.233 e. The molecule has 0 aliphatic carbocycles. The Bertz CT molecular complexity index is 2160. The van der Waals surface area contributed by atoms with Crippen molar-refractivity contribution in [2.24, 2.45) is 0 Å². The molecule has 43 heavy (non-hydrogen) atoms. The molecular weight excluding hydrogens is 523 g/mol. The number of benzene rings is 5. The first-order chi connectivity index (χ1) is 20.8. The Kier molecular flexibility index (Phi) is 4.79. The maximum Gasteiger partial charge on any atom is 0.252 e. The van der Waals surface area contributed by atoms with Crippen LogP contribution in [0.1, 0.15) is 33.4 Å². The summed E-state index contributed by atoms with van der Waals surface area (Å²) in [6.45, 7) is 13.3. The number of para-hydroxylation sites is 2. The maximum atomic E-state index is 5.39. The van der Waals surface area contributed by atoms with Gasteiger partial charge in [-0.3, -0.25) is 0 Å². The zero-order valence-corrected chi connectivity index (χ0v) is 25.4. The van der Waals surface area contributed by atoms with E-state index in [1.807, 2.05) is 0 Å². The van der Waals surface area contributed by atoms with E-state index < -0.39 is 0 Å². The summed E-state index contributed by atoms with van der Waals surface area (Å²) in [5, 5.41) is 13.2. The van der Waals surface area contributed by atoms with Crippen LogP contribution in [0.2, 0.25) is 0 Å². The number of nitrogens with zero attached hydrogens (tertiary/aromatic N) is 4. The van der Waals surface area contributed by atoms with Crippen LogP contribution >= 0.6 is 0 Å². The summed E-state index contributed by atoms with van der Waals surface area (Å²) in [5.74, 6) is 0. The van der Waals surface area contributed by atoms with Crippen molar-refractivity contribution in [3.63, 3.8) is 0 Å². The second kappa shape index (κ2) is 8.35. The number of fused-ring (bicyclic) bond motifs is 4. The van der Waals surface area contributed by atoms with Gasteiger partial charge in [0.1, 0.15) is 11.4 Å². The van der Waals surface area contributed by atoms with E-state index >= 15 is 0 Å². The predicted octanol–water partition coefficient (Wildman–Crippen LogP) is 6.69. The normalized spacial score (nSPS) is 12.8. The van der Waals surface area contributed by atoms with Crippen LogP contribution in [0.15, 0.2) is 78.9 Å². The number of aryl methyl sites for hydroxylation is 6. The molecule has 5 heteroatoms. The summed E-state index contributed by atoms with van der Waals surface area (Å²) in [7, 11) is 0.